The summed E-state index contributed by atoms with van der Waals surface area (Å²) in [6, 6.07) is 4.40. The third-order valence-corrected chi connectivity index (χ3v) is 4.96. The lowest BCUT2D eigenvalue weighted by atomic mass is 10.0. The quantitative estimate of drug-likeness (QED) is 0.181. The lowest BCUT2D eigenvalue weighted by Gasteiger charge is -2.06. The van der Waals surface area contributed by atoms with E-state index in [1.54, 1.807) is 0 Å². The molecule has 27 heavy (non-hydrogen) atoms. The van der Waals surface area contributed by atoms with E-state index in [2.05, 4.69) is 19.1 Å². The summed E-state index contributed by atoms with van der Waals surface area (Å²) in [5.74, 6) is -0.447. The summed E-state index contributed by atoms with van der Waals surface area (Å²) in [7, 11) is 0. The summed E-state index contributed by atoms with van der Waals surface area (Å²) in [6.45, 7) is 2.26. The van der Waals surface area contributed by atoms with Crippen LogP contribution in [0.15, 0.2) is 30.4 Å². The summed E-state index contributed by atoms with van der Waals surface area (Å²) >= 11 is 0. The monoisotopic (exact) mass is 374 g/mol. The highest BCUT2D eigenvalue weighted by Gasteiger charge is 2.15. The van der Waals surface area contributed by atoms with Crippen molar-refractivity contribution in [2.45, 2.75) is 96.8 Å². The maximum Gasteiger partial charge on any atom is 0.170 e. The van der Waals surface area contributed by atoms with Gasteiger partial charge in [-0.25, -0.2) is 0 Å². The maximum atomic E-state index is 12.1. The minimum Gasteiger partial charge on any atom is -0.507 e. The Bertz CT molecular complexity index is 528. The molecule has 0 saturated carbocycles. The lowest BCUT2D eigenvalue weighted by Crippen LogP contribution is -2.00. The van der Waals surface area contributed by atoms with Crippen molar-refractivity contribution in [3.8, 4) is 11.5 Å². The second-order valence-corrected chi connectivity index (χ2v) is 7.43. The molecular weight excluding hydrogens is 336 g/mol. The van der Waals surface area contributed by atoms with Crippen molar-refractivity contribution in [3.05, 3.63) is 35.9 Å². The molecule has 0 fully saturated rings. The normalized spacial score (nSPS) is 11.3. The van der Waals surface area contributed by atoms with Gasteiger partial charge in [-0.05, 0) is 44.2 Å². The van der Waals surface area contributed by atoms with E-state index in [0.717, 1.165) is 32.1 Å². The fourth-order valence-corrected chi connectivity index (χ4v) is 3.30. The molecule has 0 aliphatic heterocycles. The summed E-state index contributed by atoms with van der Waals surface area (Å²) < 4.78 is 0. The van der Waals surface area contributed by atoms with Gasteiger partial charge >= 0.3 is 0 Å². The highest BCUT2D eigenvalue weighted by Crippen LogP contribution is 2.28. The molecule has 0 radical (unpaired) electrons. The Hall–Kier alpha value is -1.77. The number of Topliss-reactive ketones (excluding diaryl/α,β-unsaturated/α-hetero) is 1. The van der Waals surface area contributed by atoms with Gasteiger partial charge in [0.1, 0.15) is 17.1 Å². The standard InChI is InChI=1S/C24H38O3/c1-2-3-4-5-6-7-8-9-10-11-12-13-14-15-16-18-21(25)24-22(26)19-17-20-23(24)27/h10-11,17,19-20,26-27H,2-9,12-16,18H2,1H3/b11-10-. The van der Waals surface area contributed by atoms with Gasteiger partial charge in [0.15, 0.2) is 5.78 Å². The van der Waals surface area contributed by atoms with Gasteiger partial charge in [0.05, 0.1) is 0 Å². The number of benzene rings is 1. The molecule has 0 aliphatic rings. The number of allylic oxidation sites excluding steroid dienone is 2. The highest BCUT2D eigenvalue weighted by atomic mass is 16.3. The predicted octanol–water partition coefficient (Wildman–Crippen LogP) is 7.32. The van der Waals surface area contributed by atoms with E-state index in [9.17, 15) is 15.0 Å². The number of carbonyl (C=O) groups is 1. The van der Waals surface area contributed by atoms with Gasteiger partial charge in [-0.3, -0.25) is 4.79 Å². The number of aromatic hydroxyl groups is 2. The molecule has 0 aliphatic carbocycles. The Morgan fingerprint density at radius 1 is 0.778 bits per heavy atom. The van der Waals surface area contributed by atoms with E-state index < -0.39 is 0 Å². The predicted molar refractivity (Wildman–Crippen MR) is 114 cm³/mol. The van der Waals surface area contributed by atoms with E-state index >= 15 is 0 Å². The first-order valence-electron chi connectivity index (χ1n) is 10.9. The van der Waals surface area contributed by atoms with Gasteiger partial charge in [0.2, 0.25) is 0 Å². The molecule has 3 heteroatoms. The summed E-state index contributed by atoms with van der Waals surface area (Å²) in [6.07, 6.45) is 20.9. The smallest absolute Gasteiger partial charge is 0.170 e. The van der Waals surface area contributed by atoms with Gasteiger partial charge in [-0.15, -0.1) is 0 Å². The number of unbranched alkanes of at least 4 members (excludes halogenated alkanes) is 11. The molecule has 0 bridgehead atoms. The zero-order valence-electron chi connectivity index (χ0n) is 17.1. The van der Waals surface area contributed by atoms with Crippen molar-refractivity contribution >= 4 is 5.78 Å². The maximum absolute atomic E-state index is 12.1. The van der Waals surface area contributed by atoms with Crippen LogP contribution in [0.3, 0.4) is 0 Å². The Labute approximate surface area is 165 Å². The number of phenols is 2. The van der Waals surface area contributed by atoms with Gasteiger partial charge in [-0.1, -0.05) is 76.5 Å². The fraction of sp³-hybridized carbons (Fsp3) is 0.625. The van der Waals surface area contributed by atoms with Crippen molar-refractivity contribution in [2.75, 3.05) is 0 Å². The van der Waals surface area contributed by atoms with Gasteiger partial charge in [0.25, 0.3) is 0 Å². The van der Waals surface area contributed by atoms with E-state index in [1.165, 1.54) is 69.6 Å². The van der Waals surface area contributed by atoms with Crippen molar-refractivity contribution in [2.24, 2.45) is 0 Å². The average molecular weight is 375 g/mol. The van der Waals surface area contributed by atoms with Crippen LogP contribution in [0.1, 0.15) is 107 Å². The van der Waals surface area contributed by atoms with Crippen molar-refractivity contribution in [1.82, 2.24) is 0 Å². The molecule has 0 spiro atoms. The molecule has 0 heterocycles. The first-order valence-corrected chi connectivity index (χ1v) is 10.9. The molecule has 0 amide bonds. The van der Waals surface area contributed by atoms with Gasteiger partial charge in [0, 0.05) is 6.42 Å². The van der Waals surface area contributed by atoms with Crippen molar-refractivity contribution < 1.29 is 15.0 Å². The minimum atomic E-state index is -0.180. The van der Waals surface area contributed by atoms with Crippen LogP contribution in [-0.2, 0) is 0 Å². The van der Waals surface area contributed by atoms with Crippen LogP contribution in [0.4, 0.5) is 0 Å². The van der Waals surface area contributed by atoms with Crippen LogP contribution >= 0.6 is 0 Å². The summed E-state index contributed by atoms with van der Waals surface area (Å²) in [4.78, 5) is 12.1. The van der Waals surface area contributed by atoms with E-state index in [-0.39, 0.29) is 22.8 Å². The van der Waals surface area contributed by atoms with E-state index in [1.807, 2.05) is 0 Å². The fourth-order valence-electron chi connectivity index (χ4n) is 3.30. The number of ketones is 1. The number of rotatable bonds is 16. The first-order chi connectivity index (χ1) is 13.2. The Kier molecular flexibility index (Phi) is 13.2. The molecule has 3 nitrogen and oxygen atoms in total. The van der Waals surface area contributed by atoms with Crippen LogP contribution in [0, 0.1) is 0 Å². The molecule has 2 N–H and O–H groups in total. The van der Waals surface area contributed by atoms with Crippen LogP contribution in [-0.4, -0.2) is 16.0 Å². The number of carbonyl (C=O) groups excluding carboxylic acids is 1. The lowest BCUT2D eigenvalue weighted by molar-refractivity contribution is 0.0974. The molecule has 0 saturated heterocycles. The highest BCUT2D eigenvalue weighted by molar-refractivity contribution is 6.01. The second-order valence-electron chi connectivity index (χ2n) is 7.43. The molecule has 0 unspecified atom stereocenters. The van der Waals surface area contributed by atoms with Gasteiger partial charge < -0.3 is 10.2 Å². The molecule has 1 aromatic rings. The van der Waals surface area contributed by atoms with E-state index in [4.69, 9.17) is 0 Å². The zero-order chi connectivity index (χ0) is 19.7. The topological polar surface area (TPSA) is 57.5 Å². The Morgan fingerprint density at radius 3 is 1.81 bits per heavy atom. The molecule has 0 aromatic heterocycles. The van der Waals surface area contributed by atoms with Gasteiger partial charge in [-0.2, -0.15) is 0 Å². The number of hydrogen-bond acceptors (Lipinski definition) is 3. The number of phenolic OH excluding ortho intramolecular Hbond substituents is 2. The van der Waals surface area contributed by atoms with E-state index in [0.29, 0.717) is 6.42 Å². The summed E-state index contributed by atoms with van der Waals surface area (Å²) in [5, 5.41) is 19.4. The molecule has 152 valence electrons. The third kappa shape index (κ3) is 10.8. The molecule has 1 rings (SSSR count). The average Bonchev–Trinajstić information content (AvgIpc) is 2.64. The van der Waals surface area contributed by atoms with Crippen LogP contribution in [0.5, 0.6) is 11.5 Å². The summed E-state index contributed by atoms with van der Waals surface area (Å²) in [5.41, 5.74) is 0.0609. The van der Waals surface area contributed by atoms with Crippen LogP contribution in [0.25, 0.3) is 0 Å². The molecular formula is C24H38O3. The van der Waals surface area contributed by atoms with Crippen molar-refractivity contribution in [1.29, 1.82) is 0 Å². The molecule has 0 atom stereocenters. The SMILES string of the molecule is CCCCCCCCC/C=C\CCCCCCC(=O)c1c(O)cccc1O. The largest absolute Gasteiger partial charge is 0.507 e. The number of hydrogen-bond donors (Lipinski definition) is 2. The minimum absolute atomic E-state index is 0.0609. The first kappa shape index (κ1) is 23.3. The Balaban J connectivity index is 1.96. The van der Waals surface area contributed by atoms with Crippen LogP contribution in [0.2, 0.25) is 0 Å². The van der Waals surface area contributed by atoms with Crippen molar-refractivity contribution in [3.63, 3.8) is 0 Å². The second kappa shape index (κ2) is 15.3. The van der Waals surface area contributed by atoms with Crippen LogP contribution < -0.4 is 0 Å². The Morgan fingerprint density at radius 2 is 1.26 bits per heavy atom. The zero-order valence-corrected chi connectivity index (χ0v) is 17.1. The third-order valence-electron chi connectivity index (χ3n) is 4.96. The molecule has 1 aromatic carbocycles.